The summed E-state index contributed by atoms with van der Waals surface area (Å²) in [6.07, 6.45) is 4.02. The maximum atomic E-state index is 5.95. The number of benzene rings is 4. The van der Waals surface area contributed by atoms with Gasteiger partial charge in [0.15, 0.2) is 0 Å². The lowest BCUT2D eigenvalue weighted by Gasteiger charge is -2.37. The van der Waals surface area contributed by atoms with Crippen molar-refractivity contribution in [2.45, 2.75) is 5.41 Å². The van der Waals surface area contributed by atoms with Crippen molar-refractivity contribution >= 4 is 10.8 Å². The van der Waals surface area contributed by atoms with Gasteiger partial charge in [-0.3, -0.25) is 0 Å². The Morgan fingerprint density at radius 1 is 0.577 bits per heavy atom. The lowest BCUT2D eigenvalue weighted by molar-refractivity contribution is 0.446. The van der Waals surface area contributed by atoms with Crippen molar-refractivity contribution in [3.8, 4) is 5.75 Å². The third-order valence-electron chi connectivity index (χ3n) is 5.26. The monoisotopic (exact) mass is 334 g/mol. The van der Waals surface area contributed by atoms with E-state index < -0.39 is 0 Å². The predicted molar refractivity (Wildman–Crippen MR) is 106 cm³/mol. The third-order valence-corrected chi connectivity index (χ3v) is 5.26. The van der Waals surface area contributed by atoms with Crippen LogP contribution in [0.4, 0.5) is 0 Å². The fourth-order valence-corrected chi connectivity index (χ4v) is 4.10. The van der Waals surface area contributed by atoms with Gasteiger partial charge in [0.05, 0.1) is 11.7 Å². The first-order valence-corrected chi connectivity index (χ1v) is 8.87. The maximum Gasteiger partial charge on any atom is 0.131 e. The second-order valence-corrected chi connectivity index (χ2v) is 6.62. The Balaban J connectivity index is 1.95. The molecule has 0 bridgehead atoms. The molecule has 1 nitrogen and oxygen atoms in total. The number of hydrogen-bond donors (Lipinski definition) is 0. The van der Waals surface area contributed by atoms with Crippen molar-refractivity contribution in [3.05, 3.63) is 126 Å². The van der Waals surface area contributed by atoms with Crippen molar-refractivity contribution in [1.82, 2.24) is 0 Å². The Kier molecular flexibility index (Phi) is 3.39. The van der Waals surface area contributed by atoms with Crippen LogP contribution in [0.2, 0.25) is 0 Å². The van der Waals surface area contributed by atoms with Gasteiger partial charge in [0.2, 0.25) is 0 Å². The van der Waals surface area contributed by atoms with Gasteiger partial charge in [-0.1, -0.05) is 91.0 Å². The van der Waals surface area contributed by atoms with Crippen molar-refractivity contribution in [2.24, 2.45) is 0 Å². The van der Waals surface area contributed by atoms with E-state index in [2.05, 4.69) is 103 Å². The molecule has 0 fully saturated rings. The molecule has 0 amide bonds. The fourth-order valence-electron chi connectivity index (χ4n) is 4.10. The van der Waals surface area contributed by atoms with Gasteiger partial charge in [0, 0.05) is 5.56 Å². The van der Waals surface area contributed by atoms with Crippen LogP contribution in [-0.4, -0.2) is 0 Å². The Hall–Kier alpha value is -3.32. The molecule has 4 aromatic rings. The van der Waals surface area contributed by atoms with Gasteiger partial charge < -0.3 is 4.74 Å². The van der Waals surface area contributed by atoms with Crippen LogP contribution >= 0.6 is 0 Å². The van der Waals surface area contributed by atoms with E-state index in [1.165, 1.54) is 27.5 Å². The first kappa shape index (κ1) is 15.0. The van der Waals surface area contributed by atoms with E-state index in [9.17, 15) is 0 Å². The molecule has 0 spiro atoms. The quantitative estimate of drug-likeness (QED) is 0.431. The molecule has 0 radical (unpaired) electrons. The van der Waals surface area contributed by atoms with E-state index in [1.807, 2.05) is 6.26 Å². The normalized spacial score (nSPS) is 14.6. The van der Waals surface area contributed by atoms with E-state index in [0.29, 0.717) is 0 Å². The molecule has 0 atom stereocenters. The highest BCUT2D eigenvalue weighted by atomic mass is 16.5. The number of fused-ring (bicyclic) bond motifs is 3. The lowest BCUT2D eigenvalue weighted by atomic mass is 9.67. The summed E-state index contributed by atoms with van der Waals surface area (Å²) < 4.78 is 5.95. The van der Waals surface area contributed by atoms with Crippen molar-refractivity contribution < 1.29 is 4.74 Å². The van der Waals surface area contributed by atoms with Gasteiger partial charge in [0.25, 0.3) is 0 Å². The van der Waals surface area contributed by atoms with Crippen LogP contribution in [0.1, 0.15) is 16.7 Å². The Morgan fingerprint density at radius 3 is 1.88 bits per heavy atom. The lowest BCUT2D eigenvalue weighted by Crippen LogP contribution is -2.30. The zero-order valence-electron chi connectivity index (χ0n) is 14.3. The summed E-state index contributed by atoms with van der Waals surface area (Å²) in [4.78, 5) is 0. The number of ether oxygens (including phenoxy) is 1. The highest BCUT2D eigenvalue weighted by molar-refractivity contribution is 5.91. The molecule has 5 rings (SSSR count). The summed E-state index contributed by atoms with van der Waals surface area (Å²) in [6, 6.07) is 34.1. The molecule has 0 aromatic heterocycles. The summed E-state index contributed by atoms with van der Waals surface area (Å²) >= 11 is 0. The highest BCUT2D eigenvalue weighted by Crippen LogP contribution is 2.49. The smallest absolute Gasteiger partial charge is 0.131 e. The average molecular weight is 334 g/mol. The molecular formula is C25H18O. The van der Waals surface area contributed by atoms with E-state index >= 15 is 0 Å². The molecule has 0 saturated carbocycles. The van der Waals surface area contributed by atoms with Gasteiger partial charge in [-0.25, -0.2) is 0 Å². The fraction of sp³-hybridized carbons (Fsp3) is 0.0400. The second-order valence-electron chi connectivity index (χ2n) is 6.62. The SMILES string of the molecule is C1=CC(c2ccccc2)(c2ccccc2)c2c(ccc3ccccc23)O1. The minimum Gasteiger partial charge on any atom is -0.465 e. The van der Waals surface area contributed by atoms with Gasteiger partial charge in [0.1, 0.15) is 5.75 Å². The average Bonchev–Trinajstić information content (AvgIpc) is 2.74. The van der Waals surface area contributed by atoms with E-state index in [0.717, 1.165) is 5.75 Å². The predicted octanol–water partition coefficient (Wildman–Crippen LogP) is 6.08. The van der Waals surface area contributed by atoms with Gasteiger partial charge in [-0.05, 0) is 34.0 Å². The van der Waals surface area contributed by atoms with Crippen LogP contribution in [0.5, 0.6) is 5.75 Å². The molecule has 0 unspecified atom stereocenters. The van der Waals surface area contributed by atoms with Crippen LogP contribution in [-0.2, 0) is 5.41 Å². The first-order chi connectivity index (χ1) is 12.9. The summed E-state index contributed by atoms with van der Waals surface area (Å²) in [5.74, 6) is 0.916. The van der Waals surface area contributed by atoms with Gasteiger partial charge in [-0.15, -0.1) is 0 Å². The highest BCUT2D eigenvalue weighted by Gasteiger charge is 2.39. The molecule has 1 aliphatic heterocycles. The van der Waals surface area contributed by atoms with Crippen LogP contribution in [0, 0.1) is 0 Å². The van der Waals surface area contributed by atoms with Crippen LogP contribution in [0.15, 0.2) is 109 Å². The van der Waals surface area contributed by atoms with E-state index in [4.69, 9.17) is 4.74 Å². The van der Waals surface area contributed by atoms with Crippen LogP contribution in [0.25, 0.3) is 10.8 Å². The summed E-state index contributed by atoms with van der Waals surface area (Å²) in [5, 5.41) is 2.45. The van der Waals surface area contributed by atoms with E-state index in [-0.39, 0.29) is 5.41 Å². The summed E-state index contributed by atoms with van der Waals surface area (Å²) in [5.41, 5.74) is 3.30. The first-order valence-electron chi connectivity index (χ1n) is 8.87. The molecule has 0 saturated heterocycles. The number of allylic oxidation sites excluding steroid dienone is 1. The zero-order chi connectivity index (χ0) is 17.4. The second kappa shape index (κ2) is 5.89. The van der Waals surface area contributed by atoms with Crippen molar-refractivity contribution in [2.75, 3.05) is 0 Å². The molecule has 0 aliphatic carbocycles. The van der Waals surface area contributed by atoms with Gasteiger partial charge in [-0.2, -0.15) is 0 Å². The summed E-state index contributed by atoms with van der Waals surface area (Å²) in [7, 11) is 0. The maximum absolute atomic E-state index is 5.95. The Morgan fingerprint density at radius 2 is 1.19 bits per heavy atom. The molecule has 1 aliphatic rings. The number of hydrogen-bond acceptors (Lipinski definition) is 1. The molecule has 4 aromatic carbocycles. The van der Waals surface area contributed by atoms with E-state index in [1.54, 1.807) is 0 Å². The van der Waals surface area contributed by atoms with Crippen molar-refractivity contribution in [3.63, 3.8) is 0 Å². The molecule has 1 heteroatoms. The topological polar surface area (TPSA) is 9.23 Å². The van der Waals surface area contributed by atoms with Crippen LogP contribution in [0.3, 0.4) is 0 Å². The van der Waals surface area contributed by atoms with Crippen molar-refractivity contribution in [1.29, 1.82) is 0 Å². The van der Waals surface area contributed by atoms with Crippen LogP contribution < -0.4 is 4.74 Å². The molecule has 0 N–H and O–H groups in total. The minimum absolute atomic E-state index is 0.378. The minimum atomic E-state index is -0.378. The molecule has 124 valence electrons. The zero-order valence-corrected chi connectivity index (χ0v) is 14.3. The standard InChI is InChI=1S/C25H18O/c1-3-10-20(11-4-1)25(21-12-5-2-6-13-21)17-18-26-23-16-15-19-9-7-8-14-22(19)24(23)25/h1-18H. The largest absolute Gasteiger partial charge is 0.465 e. The molecule has 26 heavy (non-hydrogen) atoms. The molecule has 1 heterocycles. The summed E-state index contributed by atoms with van der Waals surface area (Å²) in [6.45, 7) is 0. The Labute approximate surface area is 153 Å². The Bertz CT molecular complexity index is 1060. The number of rotatable bonds is 2. The molecular weight excluding hydrogens is 316 g/mol. The third kappa shape index (κ3) is 2.11. The van der Waals surface area contributed by atoms with Gasteiger partial charge >= 0.3 is 0 Å².